The Morgan fingerprint density at radius 3 is 1.86 bits per heavy atom. The average Bonchev–Trinajstić information content (AvgIpc) is 2.83. The first-order valence-corrected chi connectivity index (χ1v) is 8.14. The molecule has 0 unspecified atom stereocenters. The minimum absolute atomic E-state index is 0.00898. The lowest BCUT2D eigenvalue weighted by Gasteiger charge is -2.13. The van der Waals surface area contributed by atoms with Crippen LogP contribution in [-0.4, -0.2) is 22.0 Å². The highest BCUT2D eigenvalue weighted by molar-refractivity contribution is 5.95. The van der Waals surface area contributed by atoms with Gasteiger partial charge in [-0.3, -0.25) is 14.7 Å². The summed E-state index contributed by atoms with van der Waals surface area (Å²) >= 11 is 0. The van der Waals surface area contributed by atoms with Gasteiger partial charge in [0.1, 0.15) is 5.82 Å². The predicted octanol–water partition coefficient (Wildman–Crippen LogP) is 3.47. The molecule has 6 heteroatoms. The second-order valence-corrected chi connectivity index (χ2v) is 5.58. The fourth-order valence-corrected chi connectivity index (χ4v) is 2.40. The van der Waals surface area contributed by atoms with Crippen molar-refractivity contribution in [3.63, 3.8) is 0 Å². The van der Waals surface area contributed by atoms with Gasteiger partial charge in [0.25, 0.3) is 0 Å². The first-order valence-electron chi connectivity index (χ1n) is 8.14. The molecule has 124 valence electrons. The van der Waals surface area contributed by atoms with Crippen LogP contribution in [0.25, 0.3) is 0 Å². The number of rotatable bonds is 8. The predicted molar refractivity (Wildman–Crippen MR) is 88.7 cm³/mol. The zero-order valence-electron chi connectivity index (χ0n) is 14.2. The summed E-state index contributed by atoms with van der Waals surface area (Å²) in [6, 6.07) is 0. The summed E-state index contributed by atoms with van der Waals surface area (Å²) in [5, 5.41) is 12.6. The third-order valence-corrected chi connectivity index (χ3v) is 4.21. The van der Waals surface area contributed by atoms with Crippen LogP contribution in [0.5, 0.6) is 0 Å². The van der Waals surface area contributed by atoms with Crippen LogP contribution in [0.15, 0.2) is 0 Å². The molecule has 1 rings (SSSR count). The van der Waals surface area contributed by atoms with E-state index in [2.05, 4.69) is 20.8 Å². The van der Waals surface area contributed by atoms with Crippen molar-refractivity contribution in [2.75, 3.05) is 10.6 Å². The lowest BCUT2D eigenvalue weighted by molar-refractivity contribution is -0.120. The Labute approximate surface area is 132 Å². The van der Waals surface area contributed by atoms with E-state index in [4.69, 9.17) is 0 Å². The molecule has 0 radical (unpaired) electrons. The highest BCUT2D eigenvalue weighted by Gasteiger charge is 2.20. The molecule has 0 saturated heterocycles. The van der Waals surface area contributed by atoms with Crippen LogP contribution in [0.2, 0.25) is 0 Å². The molecule has 1 aromatic heterocycles. The van der Waals surface area contributed by atoms with Crippen molar-refractivity contribution < 1.29 is 9.59 Å². The second kappa shape index (κ2) is 8.56. The number of amides is 2. The number of H-pyrrole nitrogens is 1. The Morgan fingerprint density at radius 1 is 0.955 bits per heavy atom. The van der Waals surface area contributed by atoms with Gasteiger partial charge in [0, 0.05) is 17.4 Å². The summed E-state index contributed by atoms with van der Waals surface area (Å²) in [6.07, 6.45) is 3.19. The fourth-order valence-electron chi connectivity index (χ4n) is 2.40. The van der Waals surface area contributed by atoms with Gasteiger partial charge in [-0.2, -0.15) is 5.10 Å². The SMILES string of the molecule is CCC(CC)C(=O)Nc1n[nH]c(NC(=O)C(CC)CC)c1C. The van der Waals surface area contributed by atoms with E-state index in [0.717, 1.165) is 31.2 Å². The molecule has 3 N–H and O–H groups in total. The summed E-state index contributed by atoms with van der Waals surface area (Å²) in [5.41, 5.74) is 0.749. The van der Waals surface area contributed by atoms with Gasteiger partial charge in [0.2, 0.25) is 11.8 Å². The molecule has 2 amide bonds. The molecular weight excluding hydrogens is 280 g/mol. The van der Waals surface area contributed by atoms with Crippen molar-refractivity contribution >= 4 is 23.5 Å². The Balaban J connectivity index is 2.77. The van der Waals surface area contributed by atoms with E-state index in [1.54, 1.807) is 0 Å². The van der Waals surface area contributed by atoms with Gasteiger partial charge in [-0.05, 0) is 32.6 Å². The van der Waals surface area contributed by atoms with E-state index in [1.165, 1.54) is 0 Å². The molecule has 6 nitrogen and oxygen atoms in total. The summed E-state index contributed by atoms with van der Waals surface area (Å²) in [4.78, 5) is 24.2. The van der Waals surface area contributed by atoms with Gasteiger partial charge in [0.15, 0.2) is 5.82 Å². The van der Waals surface area contributed by atoms with Crippen LogP contribution in [0, 0.1) is 18.8 Å². The smallest absolute Gasteiger partial charge is 0.228 e. The van der Waals surface area contributed by atoms with E-state index >= 15 is 0 Å². The van der Waals surface area contributed by atoms with Gasteiger partial charge in [-0.25, -0.2) is 0 Å². The van der Waals surface area contributed by atoms with E-state index in [0.29, 0.717) is 11.6 Å². The normalized spacial score (nSPS) is 11.0. The maximum Gasteiger partial charge on any atom is 0.228 e. The molecule has 0 spiro atoms. The van der Waals surface area contributed by atoms with Crippen LogP contribution >= 0.6 is 0 Å². The van der Waals surface area contributed by atoms with E-state index in [1.807, 2.05) is 34.6 Å². The molecule has 22 heavy (non-hydrogen) atoms. The van der Waals surface area contributed by atoms with Gasteiger partial charge in [-0.1, -0.05) is 27.7 Å². The van der Waals surface area contributed by atoms with E-state index in [9.17, 15) is 9.59 Å². The van der Waals surface area contributed by atoms with Crippen molar-refractivity contribution in [1.82, 2.24) is 10.2 Å². The van der Waals surface area contributed by atoms with Gasteiger partial charge >= 0.3 is 0 Å². The number of aromatic nitrogens is 2. The summed E-state index contributed by atoms with van der Waals surface area (Å²) < 4.78 is 0. The molecule has 0 aliphatic heterocycles. The molecule has 1 heterocycles. The van der Waals surface area contributed by atoms with Crippen LogP contribution in [0.1, 0.15) is 58.9 Å². The molecule has 0 aliphatic carbocycles. The van der Waals surface area contributed by atoms with Gasteiger partial charge in [-0.15, -0.1) is 0 Å². The number of hydrogen-bond acceptors (Lipinski definition) is 3. The standard InChI is InChI=1S/C16H28N4O2/c1-6-11(7-2)15(21)17-13-10(5)14(20-19-13)18-16(22)12(8-3)9-4/h11-12H,6-9H2,1-5H3,(H3,17,18,19,20,21,22). The van der Waals surface area contributed by atoms with E-state index < -0.39 is 0 Å². The van der Waals surface area contributed by atoms with Gasteiger partial charge in [0.05, 0.1) is 0 Å². The Kier molecular flexibility index (Phi) is 7.08. The molecule has 0 saturated carbocycles. The van der Waals surface area contributed by atoms with Crippen LogP contribution in [0.3, 0.4) is 0 Å². The third kappa shape index (κ3) is 4.32. The maximum atomic E-state index is 12.1. The lowest BCUT2D eigenvalue weighted by Crippen LogP contribution is -2.23. The largest absolute Gasteiger partial charge is 0.311 e. The number of nitrogens with one attached hydrogen (secondary N) is 3. The van der Waals surface area contributed by atoms with Crippen molar-refractivity contribution in [1.29, 1.82) is 0 Å². The monoisotopic (exact) mass is 308 g/mol. The van der Waals surface area contributed by atoms with Crippen LogP contribution < -0.4 is 10.6 Å². The zero-order valence-corrected chi connectivity index (χ0v) is 14.2. The second-order valence-electron chi connectivity index (χ2n) is 5.58. The molecule has 1 aromatic rings. The zero-order chi connectivity index (χ0) is 16.7. The van der Waals surface area contributed by atoms with Crippen molar-refractivity contribution in [3.05, 3.63) is 5.56 Å². The Bertz CT molecular complexity index is 459. The Hall–Kier alpha value is -1.85. The van der Waals surface area contributed by atoms with Crippen molar-refractivity contribution in [2.45, 2.75) is 60.3 Å². The average molecular weight is 308 g/mol. The number of anilines is 2. The molecule has 0 aromatic carbocycles. The summed E-state index contributed by atoms with van der Waals surface area (Å²) in [6.45, 7) is 9.80. The highest BCUT2D eigenvalue weighted by Crippen LogP contribution is 2.22. The fraction of sp³-hybridized carbons (Fsp3) is 0.688. The van der Waals surface area contributed by atoms with Crippen LogP contribution in [-0.2, 0) is 9.59 Å². The van der Waals surface area contributed by atoms with Crippen molar-refractivity contribution in [2.24, 2.45) is 11.8 Å². The number of nitrogens with zero attached hydrogens (tertiary/aromatic N) is 1. The van der Waals surface area contributed by atoms with E-state index in [-0.39, 0.29) is 23.7 Å². The first kappa shape index (κ1) is 18.2. The Morgan fingerprint density at radius 2 is 1.41 bits per heavy atom. The number of hydrogen-bond donors (Lipinski definition) is 3. The summed E-state index contributed by atoms with van der Waals surface area (Å²) in [5.74, 6) is 0.963. The van der Waals surface area contributed by atoms with Crippen molar-refractivity contribution in [3.8, 4) is 0 Å². The summed E-state index contributed by atoms with van der Waals surface area (Å²) in [7, 11) is 0. The number of aromatic amines is 1. The minimum Gasteiger partial charge on any atom is -0.311 e. The molecular formula is C16H28N4O2. The lowest BCUT2D eigenvalue weighted by atomic mass is 10.0. The maximum absolute atomic E-state index is 12.1. The first-order chi connectivity index (χ1) is 10.5. The highest BCUT2D eigenvalue weighted by atomic mass is 16.2. The quantitative estimate of drug-likeness (QED) is 0.687. The number of carbonyl (C=O) groups is 2. The third-order valence-electron chi connectivity index (χ3n) is 4.21. The topological polar surface area (TPSA) is 86.9 Å². The molecule has 0 aliphatic rings. The number of carbonyl (C=O) groups excluding carboxylic acids is 2. The minimum atomic E-state index is -0.0301. The van der Waals surface area contributed by atoms with Gasteiger partial charge < -0.3 is 10.6 Å². The molecule has 0 fully saturated rings. The molecule has 0 bridgehead atoms. The molecule has 0 atom stereocenters. The van der Waals surface area contributed by atoms with Crippen LogP contribution in [0.4, 0.5) is 11.6 Å².